The lowest BCUT2D eigenvalue weighted by atomic mass is 10.1. The molecule has 0 aliphatic heterocycles. The summed E-state index contributed by atoms with van der Waals surface area (Å²) in [6.07, 6.45) is 0. The Morgan fingerprint density at radius 3 is 2.48 bits per heavy atom. The van der Waals surface area contributed by atoms with Crippen molar-refractivity contribution in [2.24, 2.45) is 0 Å². The van der Waals surface area contributed by atoms with Gasteiger partial charge in [-0.3, -0.25) is 0 Å². The molecule has 0 aromatic heterocycles. The molecule has 0 bridgehead atoms. The summed E-state index contributed by atoms with van der Waals surface area (Å²) >= 11 is 0. The lowest BCUT2D eigenvalue weighted by Gasteiger charge is -2.22. The van der Waals surface area contributed by atoms with Gasteiger partial charge in [-0.25, -0.2) is 4.79 Å². The van der Waals surface area contributed by atoms with Crippen LogP contribution in [-0.4, -0.2) is 25.2 Å². The highest BCUT2D eigenvalue weighted by Crippen LogP contribution is 2.27. The van der Waals surface area contributed by atoms with Gasteiger partial charge in [0.1, 0.15) is 5.75 Å². The summed E-state index contributed by atoms with van der Waals surface area (Å²) in [6, 6.07) is 12.7. The number of nitrogen functional groups attached to an aromatic ring is 1. The minimum absolute atomic E-state index is 0.120. The Labute approximate surface area is 123 Å². The van der Waals surface area contributed by atoms with Crippen LogP contribution in [0.25, 0.3) is 0 Å². The topological polar surface area (TPSA) is 75.8 Å². The Bertz CT molecular complexity index is 638. The van der Waals surface area contributed by atoms with Crippen molar-refractivity contribution in [1.29, 1.82) is 0 Å². The van der Waals surface area contributed by atoms with Crippen LogP contribution in [0.15, 0.2) is 42.5 Å². The van der Waals surface area contributed by atoms with Crippen molar-refractivity contribution in [2.45, 2.75) is 6.54 Å². The van der Waals surface area contributed by atoms with E-state index < -0.39 is 5.97 Å². The van der Waals surface area contributed by atoms with Crippen LogP contribution in [0.5, 0.6) is 5.75 Å². The van der Waals surface area contributed by atoms with E-state index in [2.05, 4.69) is 0 Å². The molecular formula is C16H18N2O3. The Morgan fingerprint density at radius 1 is 1.24 bits per heavy atom. The van der Waals surface area contributed by atoms with E-state index in [4.69, 9.17) is 15.6 Å². The van der Waals surface area contributed by atoms with Gasteiger partial charge in [0.2, 0.25) is 0 Å². The van der Waals surface area contributed by atoms with Crippen LogP contribution >= 0.6 is 0 Å². The van der Waals surface area contributed by atoms with Gasteiger partial charge in [-0.2, -0.15) is 0 Å². The molecule has 0 atom stereocenters. The molecule has 2 aromatic rings. The fraction of sp³-hybridized carbons (Fsp3) is 0.188. The van der Waals surface area contributed by atoms with Crippen LogP contribution in [0.1, 0.15) is 15.9 Å². The predicted molar refractivity (Wildman–Crippen MR) is 82.9 cm³/mol. The molecule has 5 heteroatoms. The third-order valence-corrected chi connectivity index (χ3v) is 3.30. The van der Waals surface area contributed by atoms with Crippen LogP contribution in [0.4, 0.5) is 11.4 Å². The monoisotopic (exact) mass is 286 g/mol. The lowest BCUT2D eigenvalue weighted by Crippen LogP contribution is -2.19. The third-order valence-electron chi connectivity index (χ3n) is 3.30. The quantitative estimate of drug-likeness (QED) is 0.826. The molecule has 2 aromatic carbocycles. The molecule has 110 valence electrons. The largest absolute Gasteiger partial charge is 0.497 e. The second-order valence-corrected chi connectivity index (χ2v) is 4.75. The number of anilines is 2. The highest BCUT2D eigenvalue weighted by molar-refractivity contribution is 5.97. The molecule has 21 heavy (non-hydrogen) atoms. The van der Waals surface area contributed by atoms with E-state index in [1.807, 2.05) is 42.3 Å². The molecule has 0 aliphatic carbocycles. The zero-order valence-corrected chi connectivity index (χ0v) is 12.0. The highest BCUT2D eigenvalue weighted by Gasteiger charge is 2.13. The first-order valence-corrected chi connectivity index (χ1v) is 6.48. The second kappa shape index (κ2) is 6.17. The van der Waals surface area contributed by atoms with Crippen LogP contribution < -0.4 is 15.4 Å². The van der Waals surface area contributed by atoms with Gasteiger partial charge in [0.25, 0.3) is 0 Å². The number of ether oxygens (including phenoxy) is 1. The van der Waals surface area contributed by atoms with Gasteiger partial charge in [-0.15, -0.1) is 0 Å². The maximum atomic E-state index is 11.1. The molecule has 5 nitrogen and oxygen atoms in total. The molecule has 0 radical (unpaired) electrons. The molecular weight excluding hydrogens is 268 g/mol. The number of carboxylic acids is 1. The molecule has 0 spiro atoms. The normalized spacial score (nSPS) is 10.2. The van der Waals surface area contributed by atoms with E-state index in [1.165, 1.54) is 6.07 Å². The number of methoxy groups -OCH3 is 1. The third kappa shape index (κ3) is 3.25. The van der Waals surface area contributed by atoms with E-state index in [0.29, 0.717) is 12.2 Å². The fourth-order valence-electron chi connectivity index (χ4n) is 2.16. The van der Waals surface area contributed by atoms with Crippen molar-refractivity contribution in [3.8, 4) is 5.75 Å². The summed E-state index contributed by atoms with van der Waals surface area (Å²) in [5.41, 5.74) is 8.12. The predicted octanol–water partition coefficient (Wildman–Crippen LogP) is 2.61. The van der Waals surface area contributed by atoms with Crippen LogP contribution in [-0.2, 0) is 6.54 Å². The Hall–Kier alpha value is -2.69. The molecule has 0 aliphatic rings. The molecule has 0 saturated carbocycles. The molecule has 0 amide bonds. The molecule has 3 N–H and O–H groups in total. The summed E-state index contributed by atoms with van der Waals surface area (Å²) in [5, 5.41) is 9.11. The first kappa shape index (κ1) is 14.7. The number of nitrogens with zero attached hydrogens (tertiary/aromatic N) is 1. The Kier molecular flexibility index (Phi) is 4.33. The summed E-state index contributed by atoms with van der Waals surface area (Å²) in [4.78, 5) is 13.0. The first-order valence-electron chi connectivity index (χ1n) is 6.48. The number of hydrogen-bond donors (Lipinski definition) is 2. The van der Waals surface area contributed by atoms with Crippen molar-refractivity contribution in [2.75, 3.05) is 24.8 Å². The lowest BCUT2D eigenvalue weighted by molar-refractivity contribution is 0.0698. The minimum Gasteiger partial charge on any atom is -0.497 e. The molecule has 0 heterocycles. The maximum Gasteiger partial charge on any atom is 0.337 e. The molecule has 0 fully saturated rings. The summed E-state index contributed by atoms with van der Waals surface area (Å²) in [6.45, 7) is 0.622. The van der Waals surface area contributed by atoms with E-state index >= 15 is 0 Å². The van der Waals surface area contributed by atoms with Crippen molar-refractivity contribution in [3.63, 3.8) is 0 Å². The first-order chi connectivity index (χ1) is 10.0. The summed E-state index contributed by atoms with van der Waals surface area (Å²) < 4.78 is 5.12. The van der Waals surface area contributed by atoms with E-state index in [0.717, 1.165) is 11.3 Å². The number of benzene rings is 2. The van der Waals surface area contributed by atoms with Crippen LogP contribution in [0.2, 0.25) is 0 Å². The van der Waals surface area contributed by atoms with E-state index in [9.17, 15) is 4.79 Å². The van der Waals surface area contributed by atoms with Gasteiger partial charge in [0.05, 0.1) is 24.0 Å². The average Bonchev–Trinajstić information content (AvgIpc) is 2.47. The van der Waals surface area contributed by atoms with Crippen molar-refractivity contribution < 1.29 is 14.6 Å². The molecule has 2 rings (SSSR count). The number of carboxylic acid groups (broad SMARTS) is 1. The number of carbonyl (C=O) groups is 1. The second-order valence-electron chi connectivity index (χ2n) is 4.75. The van der Waals surface area contributed by atoms with Crippen LogP contribution in [0.3, 0.4) is 0 Å². The van der Waals surface area contributed by atoms with E-state index in [1.54, 1.807) is 13.2 Å². The highest BCUT2D eigenvalue weighted by atomic mass is 16.5. The number of rotatable bonds is 5. The summed E-state index contributed by atoms with van der Waals surface area (Å²) in [7, 11) is 3.50. The van der Waals surface area contributed by atoms with Crippen LogP contribution in [0, 0.1) is 0 Å². The van der Waals surface area contributed by atoms with E-state index in [-0.39, 0.29) is 11.3 Å². The number of para-hydroxylation sites is 1. The van der Waals surface area contributed by atoms with Gasteiger partial charge >= 0.3 is 5.97 Å². The number of hydrogen-bond acceptors (Lipinski definition) is 4. The Balaban J connectivity index is 2.21. The van der Waals surface area contributed by atoms with Crippen molar-refractivity contribution >= 4 is 17.3 Å². The van der Waals surface area contributed by atoms with Gasteiger partial charge in [0.15, 0.2) is 0 Å². The maximum absolute atomic E-state index is 11.1. The fourth-order valence-corrected chi connectivity index (χ4v) is 2.16. The zero-order chi connectivity index (χ0) is 15.4. The number of nitrogens with two attached hydrogens (primary N) is 1. The van der Waals surface area contributed by atoms with Gasteiger partial charge in [0, 0.05) is 13.6 Å². The average molecular weight is 286 g/mol. The van der Waals surface area contributed by atoms with Gasteiger partial charge in [-0.1, -0.05) is 18.2 Å². The molecule has 0 unspecified atom stereocenters. The minimum atomic E-state index is -1.02. The Morgan fingerprint density at radius 2 is 1.90 bits per heavy atom. The van der Waals surface area contributed by atoms with Crippen molar-refractivity contribution in [1.82, 2.24) is 0 Å². The van der Waals surface area contributed by atoms with Crippen molar-refractivity contribution in [3.05, 3.63) is 53.6 Å². The number of aromatic carboxylic acids is 1. The summed E-state index contributed by atoms with van der Waals surface area (Å²) in [5.74, 6) is -0.221. The molecule has 0 saturated heterocycles. The standard InChI is InChI=1S/C16H18N2O3/c1-18(10-11-6-8-12(21-2)9-7-11)14-5-3-4-13(15(14)17)16(19)20/h3-9H,10,17H2,1-2H3,(H,19,20). The van der Waals surface area contributed by atoms with Gasteiger partial charge < -0.3 is 20.5 Å². The smallest absolute Gasteiger partial charge is 0.337 e. The SMILES string of the molecule is COc1ccc(CN(C)c2cccc(C(=O)O)c2N)cc1. The van der Waals surface area contributed by atoms with Gasteiger partial charge in [-0.05, 0) is 29.8 Å². The zero-order valence-electron chi connectivity index (χ0n) is 12.0.